The predicted molar refractivity (Wildman–Crippen MR) is 132 cm³/mol. The van der Waals surface area contributed by atoms with Gasteiger partial charge < -0.3 is 24.3 Å². The van der Waals surface area contributed by atoms with Gasteiger partial charge in [0.15, 0.2) is 0 Å². The van der Waals surface area contributed by atoms with E-state index in [1.54, 1.807) is 4.90 Å². The van der Waals surface area contributed by atoms with Crippen LogP contribution in [0.15, 0.2) is 36.5 Å². The molecule has 0 spiro atoms. The average Bonchev–Trinajstić information content (AvgIpc) is 3.48. The van der Waals surface area contributed by atoms with Gasteiger partial charge in [-0.3, -0.25) is 0 Å². The number of ether oxygens (including phenoxy) is 2. The molecule has 0 bridgehead atoms. The summed E-state index contributed by atoms with van der Waals surface area (Å²) in [4.78, 5) is 41.4. The number of anilines is 1. The number of nitrogens with zero attached hydrogens (tertiary/aromatic N) is 2. The number of amides is 2. The fourth-order valence-corrected chi connectivity index (χ4v) is 6.38. The Morgan fingerprint density at radius 1 is 1.03 bits per heavy atom. The molecule has 8 nitrogen and oxygen atoms in total. The second-order valence-electron chi connectivity index (χ2n) is 8.78. The number of carbonyl (C=O) groups is 3. The van der Waals surface area contributed by atoms with Gasteiger partial charge in [0.2, 0.25) is 0 Å². The molecule has 0 saturated carbocycles. The van der Waals surface area contributed by atoms with Crippen molar-refractivity contribution in [1.82, 2.24) is 9.47 Å². The molecule has 1 N–H and O–H groups in total. The van der Waals surface area contributed by atoms with Crippen molar-refractivity contribution in [1.29, 1.82) is 0 Å². The van der Waals surface area contributed by atoms with Crippen LogP contribution in [0.3, 0.4) is 0 Å². The molecule has 1 atom stereocenters. The van der Waals surface area contributed by atoms with Crippen molar-refractivity contribution in [2.45, 2.75) is 45.2 Å². The van der Waals surface area contributed by atoms with Gasteiger partial charge in [-0.1, -0.05) is 0 Å². The molecule has 3 heterocycles. The van der Waals surface area contributed by atoms with Gasteiger partial charge in [-0.25, -0.2) is 14.4 Å². The van der Waals surface area contributed by atoms with Crippen molar-refractivity contribution in [3.8, 4) is 5.00 Å². The largest absolute Gasteiger partial charge is 0.465 e. The number of fused-ring (bicyclic) bond motifs is 5. The van der Waals surface area contributed by atoms with E-state index in [1.807, 2.05) is 30.4 Å². The maximum Gasteiger partial charge on any atom is 0.339 e. The number of rotatable bonds is 3. The van der Waals surface area contributed by atoms with Gasteiger partial charge in [0.1, 0.15) is 5.00 Å². The lowest BCUT2D eigenvalue weighted by molar-refractivity contribution is 0.0587. The summed E-state index contributed by atoms with van der Waals surface area (Å²) in [5.74, 6) is -1.17. The Balaban J connectivity index is 1.53. The Bertz CT molecular complexity index is 1320. The number of nitrogens with one attached hydrogen (secondary N) is 1. The normalized spacial score (nSPS) is 16.4. The molecule has 0 unspecified atom stereocenters. The first-order valence-electron chi connectivity index (χ1n) is 11.6. The average molecular weight is 494 g/mol. The molecule has 2 aromatic heterocycles. The Labute approximate surface area is 207 Å². The molecule has 9 heteroatoms. The summed E-state index contributed by atoms with van der Waals surface area (Å²) in [6.45, 7) is 2.46. The van der Waals surface area contributed by atoms with Gasteiger partial charge in [0.05, 0.1) is 43.6 Å². The van der Waals surface area contributed by atoms with Gasteiger partial charge in [-0.15, -0.1) is 11.3 Å². The predicted octanol–water partition coefficient (Wildman–Crippen LogP) is 5.10. The Morgan fingerprint density at radius 3 is 2.57 bits per heavy atom. The summed E-state index contributed by atoms with van der Waals surface area (Å²) < 4.78 is 11.9. The SMILES string of the molecule is COC(=O)c1ccc(C(=O)OC)c(NC(=O)N2Cc3c(sc4c3CCCC4)-n3cccc3[C@@H]2C)c1. The van der Waals surface area contributed by atoms with Crippen LogP contribution in [-0.2, 0) is 28.9 Å². The van der Waals surface area contributed by atoms with Crippen molar-refractivity contribution in [3.63, 3.8) is 0 Å². The second-order valence-corrected chi connectivity index (χ2v) is 9.86. The minimum Gasteiger partial charge on any atom is -0.465 e. The van der Waals surface area contributed by atoms with Crippen LogP contribution < -0.4 is 5.32 Å². The highest BCUT2D eigenvalue weighted by Crippen LogP contribution is 2.42. The number of thiophene rings is 1. The van der Waals surface area contributed by atoms with Crippen molar-refractivity contribution in [2.24, 2.45) is 0 Å². The number of hydrogen-bond acceptors (Lipinski definition) is 6. The van der Waals surface area contributed by atoms with E-state index in [4.69, 9.17) is 9.47 Å². The first kappa shape index (κ1) is 23.2. The van der Waals surface area contributed by atoms with E-state index in [9.17, 15) is 14.4 Å². The highest BCUT2D eigenvalue weighted by atomic mass is 32.1. The molecule has 0 fully saturated rings. The smallest absolute Gasteiger partial charge is 0.339 e. The van der Waals surface area contributed by atoms with Crippen LogP contribution in [0, 0.1) is 0 Å². The third kappa shape index (κ3) is 3.99. The maximum absolute atomic E-state index is 13.7. The minimum atomic E-state index is -0.608. The van der Waals surface area contributed by atoms with E-state index >= 15 is 0 Å². The van der Waals surface area contributed by atoms with Gasteiger partial charge >= 0.3 is 18.0 Å². The van der Waals surface area contributed by atoms with Crippen LogP contribution in [0.1, 0.15) is 68.2 Å². The zero-order valence-corrected chi connectivity index (χ0v) is 20.7. The van der Waals surface area contributed by atoms with Crippen molar-refractivity contribution >= 4 is 35.0 Å². The molecule has 1 aliphatic carbocycles. The van der Waals surface area contributed by atoms with Crippen LogP contribution in [0.25, 0.3) is 5.00 Å². The van der Waals surface area contributed by atoms with E-state index in [0.29, 0.717) is 6.54 Å². The molecule has 0 radical (unpaired) electrons. The topological polar surface area (TPSA) is 89.9 Å². The summed E-state index contributed by atoms with van der Waals surface area (Å²) in [5, 5.41) is 4.05. The van der Waals surface area contributed by atoms with Crippen LogP contribution >= 0.6 is 11.3 Å². The Hall–Kier alpha value is -3.59. The van der Waals surface area contributed by atoms with Crippen LogP contribution in [-0.4, -0.2) is 41.7 Å². The molecule has 2 aliphatic rings. The van der Waals surface area contributed by atoms with Crippen LogP contribution in [0.4, 0.5) is 10.5 Å². The van der Waals surface area contributed by atoms with Gasteiger partial charge in [-0.2, -0.15) is 0 Å². The maximum atomic E-state index is 13.7. The van der Waals surface area contributed by atoms with E-state index in [1.165, 1.54) is 59.8 Å². The van der Waals surface area contributed by atoms with E-state index in [-0.39, 0.29) is 28.9 Å². The van der Waals surface area contributed by atoms with Gasteiger partial charge in [0.25, 0.3) is 0 Å². The fraction of sp³-hybridized carbons (Fsp3) is 0.346. The molecular weight excluding hydrogens is 466 g/mol. The summed E-state index contributed by atoms with van der Waals surface area (Å²) in [6, 6.07) is 7.84. The highest BCUT2D eigenvalue weighted by Gasteiger charge is 2.33. The monoisotopic (exact) mass is 493 g/mol. The van der Waals surface area contributed by atoms with Crippen LogP contribution in [0.5, 0.6) is 0 Å². The first-order valence-corrected chi connectivity index (χ1v) is 12.4. The number of aryl methyl sites for hydroxylation is 1. The molecule has 2 amide bonds. The number of aromatic nitrogens is 1. The number of methoxy groups -OCH3 is 2. The summed E-state index contributed by atoms with van der Waals surface area (Å²) >= 11 is 1.83. The van der Waals surface area contributed by atoms with Crippen LogP contribution in [0.2, 0.25) is 0 Å². The minimum absolute atomic E-state index is 0.160. The second kappa shape index (κ2) is 9.22. The lowest BCUT2D eigenvalue weighted by Crippen LogP contribution is -2.36. The number of benzene rings is 1. The number of hydrogen-bond donors (Lipinski definition) is 1. The fourth-order valence-electron chi connectivity index (χ4n) is 4.98. The van der Waals surface area contributed by atoms with Gasteiger partial charge in [-0.05, 0) is 68.5 Å². The molecule has 1 aromatic carbocycles. The highest BCUT2D eigenvalue weighted by molar-refractivity contribution is 7.15. The number of esters is 2. The van der Waals surface area contributed by atoms with Crippen molar-refractivity contribution < 1.29 is 23.9 Å². The summed E-state index contributed by atoms with van der Waals surface area (Å²) in [7, 11) is 2.55. The summed E-state index contributed by atoms with van der Waals surface area (Å²) in [5.41, 5.74) is 4.16. The first-order chi connectivity index (χ1) is 16.9. The summed E-state index contributed by atoms with van der Waals surface area (Å²) in [6.07, 6.45) is 6.50. The zero-order valence-electron chi connectivity index (χ0n) is 19.9. The Kier molecular flexibility index (Phi) is 6.10. The molecule has 3 aromatic rings. The number of carbonyl (C=O) groups excluding carboxylic acids is 3. The van der Waals surface area contributed by atoms with Gasteiger partial charge in [0, 0.05) is 22.3 Å². The Morgan fingerprint density at radius 2 is 1.80 bits per heavy atom. The zero-order chi connectivity index (χ0) is 24.7. The number of urea groups is 1. The standard InChI is InChI=1S/C26H27N3O5S/c1-15-21-8-6-12-28(21)23-19(17-7-4-5-9-22(17)35-23)14-29(15)26(32)27-20-13-16(24(30)33-2)10-11-18(20)25(31)34-3/h6,8,10-13,15H,4-5,7,9,14H2,1-3H3,(H,27,32)/t15-/m0/s1. The molecule has 0 saturated heterocycles. The van der Waals surface area contributed by atoms with Crippen molar-refractivity contribution in [2.75, 3.05) is 19.5 Å². The third-order valence-electron chi connectivity index (χ3n) is 6.83. The molecule has 5 rings (SSSR count). The quantitative estimate of drug-likeness (QED) is 0.513. The molecular formula is C26H27N3O5S. The van der Waals surface area contributed by atoms with Crippen molar-refractivity contribution in [3.05, 3.63) is 69.4 Å². The lowest BCUT2D eigenvalue weighted by atomic mass is 9.95. The third-order valence-corrected chi connectivity index (χ3v) is 8.16. The van der Waals surface area contributed by atoms with E-state index < -0.39 is 11.9 Å². The van der Waals surface area contributed by atoms with E-state index in [2.05, 4.69) is 16.1 Å². The lowest BCUT2D eigenvalue weighted by Gasteiger charge is -2.28. The molecule has 35 heavy (non-hydrogen) atoms. The van der Waals surface area contributed by atoms with E-state index in [0.717, 1.165) is 25.0 Å². The molecule has 1 aliphatic heterocycles. The molecule has 182 valence electrons.